The summed E-state index contributed by atoms with van der Waals surface area (Å²) in [5, 5.41) is 0.669. The molecule has 2 aromatic rings. The molecule has 0 spiro atoms. The van der Waals surface area contributed by atoms with Crippen LogP contribution in [0.4, 0.5) is 0 Å². The Morgan fingerprint density at radius 3 is 2.54 bits per heavy atom. The SMILES string of the molecule is O=S(=O)(c1ccccc1)N1CCCC(OCc2ccccc2Cl)C1. The lowest BCUT2D eigenvalue weighted by Gasteiger charge is -2.32. The largest absolute Gasteiger partial charge is 0.372 e. The van der Waals surface area contributed by atoms with E-state index in [9.17, 15) is 8.42 Å². The highest BCUT2D eigenvalue weighted by atomic mass is 35.5. The Balaban J connectivity index is 1.65. The third-order valence-electron chi connectivity index (χ3n) is 4.15. The summed E-state index contributed by atoms with van der Waals surface area (Å²) in [6.07, 6.45) is 1.53. The first-order valence-electron chi connectivity index (χ1n) is 7.97. The summed E-state index contributed by atoms with van der Waals surface area (Å²) in [7, 11) is -3.46. The molecule has 0 aromatic heterocycles. The molecule has 1 fully saturated rings. The predicted octanol–water partition coefficient (Wildman–Crippen LogP) is 3.71. The van der Waals surface area contributed by atoms with Crippen molar-refractivity contribution in [3.8, 4) is 0 Å². The van der Waals surface area contributed by atoms with Crippen LogP contribution in [0, 0.1) is 0 Å². The van der Waals surface area contributed by atoms with Gasteiger partial charge in [0.15, 0.2) is 0 Å². The Hall–Kier alpha value is -1.40. The summed E-state index contributed by atoms with van der Waals surface area (Å²) in [5.41, 5.74) is 0.919. The Morgan fingerprint density at radius 2 is 1.79 bits per heavy atom. The maximum absolute atomic E-state index is 12.7. The molecule has 1 aliphatic heterocycles. The molecule has 6 heteroatoms. The standard InChI is InChI=1S/C18H20ClNO3S/c19-18-11-5-4-7-15(18)14-23-16-8-6-12-20(13-16)24(21,22)17-9-2-1-3-10-17/h1-5,7,9-11,16H,6,8,12-14H2. The van der Waals surface area contributed by atoms with Gasteiger partial charge in [-0.3, -0.25) is 0 Å². The molecule has 3 rings (SSSR count). The van der Waals surface area contributed by atoms with Gasteiger partial charge in [-0.25, -0.2) is 8.42 Å². The molecule has 0 saturated carbocycles. The van der Waals surface area contributed by atoms with Crippen molar-refractivity contribution in [2.75, 3.05) is 13.1 Å². The van der Waals surface area contributed by atoms with Gasteiger partial charge in [-0.15, -0.1) is 0 Å². The highest BCUT2D eigenvalue weighted by molar-refractivity contribution is 7.89. The van der Waals surface area contributed by atoms with Crippen molar-refractivity contribution in [2.45, 2.75) is 30.4 Å². The van der Waals surface area contributed by atoms with Crippen LogP contribution in [-0.2, 0) is 21.4 Å². The molecule has 24 heavy (non-hydrogen) atoms. The lowest BCUT2D eigenvalue weighted by Crippen LogP contribution is -2.43. The van der Waals surface area contributed by atoms with Crippen LogP contribution in [0.2, 0.25) is 5.02 Å². The van der Waals surface area contributed by atoms with Gasteiger partial charge in [-0.2, -0.15) is 4.31 Å². The molecule has 0 amide bonds. The van der Waals surface area contributed by atoms with Gasteiger partial charge < -0.3 is 4.74 Å². The highest BCUT2D eigenvalue weighted by Crippen LogP contribution is 2.23. The molecule has 0 aliphatic carbocycles. The van der Waals surface area contributed by atoms with Crippen molar-refractivity contribution in [1.29, 1.82) is 0 Å². The fourth-order valence-corrected chi connectivity index (χ4v) is 4.55. The maximum Gasteiger partial charge on any atom is 0.243 e. The molecule has 1 unspecified atom stereocenters. The van der Waals surface area contributed by atoms with Crippen LogP contribution in [0.3, 0.4) is 0 Å². The average Bonchev–Trinajstić information content (AvgIpc) is 2.62. The van der Waals surface area contributed by atoms with Gasteiger partial charge in [-0.05, 0) is 36.6 Å². The van der Waals surface area contributed by atoms with E-state index >= 15 is 0 Å². The van der Waals surface area contributed by atoms with E-state index in [0.717, 1.165) is 18.4 Å². The molecule has 0 N–H and O–H groups in total. The van der Waals surface area contributed by atoms with Crippen molar-refractivity contribution < 1.29 is 13.2 Å². The Bertz CT molecular complexity index is 780. The average molecular weight is 366 g/mol. The topological polar surface area (TPSA) is 46.6 Å². The van der Waals surface area contributed by atoms with E-state index in [1.54, 1.807) is 24.3 Å². The fraction of sp³-hybridized carbons (Fsp3) is 0.333. The third-order valence-corrected chi connectivity index (χ3v) is 6.40. The minimum Gasteiger partial charge on any atom is -0.372 e. The highest BCUT2D eigenvalue weighted by Gasteiger charge is 2.30. The van der Waals surface area contributed by atoms with Crippen molar-refractivity contribution in [3.05, 3.63) is 65.2 Å². The predicted molar refractivity (Wildman–Crippen MR) is 94.5 cm³/mol. The van der Waals surface area contributed by atoms with Crippen LogP contribution in [0.1, 0.15) is 18.4 Å². The lowest BCUT2D eigenvalue weighted by atomic mass is 10.1. The Labute approximate surface area is 148 Å². The number of nitrogens with zero attached hydrogens (tertiary/aromatic N) is 1. The zero-order valence-electron chi connectivity index (χ0n) is 13.3. The van der Waals surface area contributed by atoms with E-state index in [1.165, 1.54) is 4.31 Å². The van der Waals surface area contributed by atoms with Crippen molar-refractivity contribution in [3.63, 3.8) is 0 Å². The molecular formula is C18H20ClNO3S. The summed E-state index contributed by atoms with van der Waals surface area (Å²) >= 11 is 6.14. The van der Waals surface area contributed by atoms with E-state index in [4.69, 9.17) is 16.3 Å². The van der Waals surface area contributed by atoms with Crippen LogP contribution in [-0.4, -0.2) is 31.9 Å². The lowest BCUT2D eigenvalue weighted by molar-refractivity contribution is 0.00814. The Morgan fingerprint density at radius 1 is 1.08 bits per heavy atom. The maximum atomic E-state index is 12.7. The first kappa shape index (κ1) is 17.4. The number of benzene rings is 2. The minimum atomic E-state index is -3.46. The second kappa shape index (κ2) is 7.66. The summed E-state index contributed by atoms with van der Waals surface area (Å²) in [6.45, 7) is 1.30. The van der Waals surface area contributed by atoms with Gasteiger partial charge in [0.05, 0.1) is 17.6 Å². The summed E-state index contributed by atoms with van der Waals surface area (Å²) in [4.78, 5) is 0.330. The monoisotopic (exact) mass is 365 g/mol. The van der Waals surface area contributed by atoms with Crippen LogP contribution >= 0.6 is 11.6 Å². The third kappa shape index (κ3) is 3.98. The van der Waals surface area contributed by atoms with Crippen molar-refractivity contribution >= 4 is 21.6 Å². The van der Waals surface area contributed by atoms with Gasteiger partial charge in [-0.1, -0.05) is 48.0 Å². The second-order valence-electron chi connectivity index (χ2n) is 5.84. The van der Waals surface area contributed by atoms with Gasteiger partial charge >= 0.3 is 0 Å². The quantitative estimate of drug-likeness (QED) is 0.811. The summed E-state index contributed by atoms with van der Waals surface area (Å²) in [5.74, 6) is 0. The first-order chi connectivity index (χ1) is 11.6. The number of sulfonamides is 1. The first-order valence-corrected chi connectivity index (χ1v) is 9.79. The number of halogens is 1. The molecule has 128 valence electrons. The van der Waals surface area contributed by atoms with Crippen LogP contribution < -0.4 is 0 Å². The molecular weight excluding hydrogens is 346 g/mol. The second-order valence-corrected chi connectivity index (χ2v) is 8.19. The number of ether oxygens (including phenoxy) is 1. The van der Waals surface area contributed by atoms with E-state index < -0.39 is 10.0 Å². The zero-order chi connectivity index (χ0) is 17.0. The fourth-order valence-electron chi connectivity index (χ4n) is 2.82. The van der Waals surface area contributed by atoms with Gasteiger partial charge in [0.2, 0.25) is 10.0 Å². The molecule has 1 heterocycles. The van der Waals surface area contributed by atoms with Crippen LogP contribution in [0.25, 0.3) is 0 Å². The number of hydrogen-bond donors (Lipinski definition) is 0. The van der Waals surface area contributed by atoms with E-state index in [1.807, 2.05) is 30.3 Å². The van der Waals surface area contributed by atoms with E-state index in [2.05, 4.69) is 0 Å². The van der Waals surface area contributed by atoms with Crippen molar-refractivity contribution in [1.82, 2.24) is 4.31 Å². The smallest absolute Gasteiger partial charge is 0.243 e. The molecule has 0 bridgehead atoms. The van der Waals surface area contributed by atoms with Gasteiger partial charge in [0, 0.05) is 18.1 Å². The van der Waals surface area contributed by atoms with Gasteiger partial charge in [0.25, 0.3) is 0 Å². The van der Waals surface area contributed by atoms with Crippen LogP contribution in [0.15, 0.2) is 59.5 Å². The molecule has 1 aliphatic rings. The Kier molecular flexibility index (Phi) is 5.56. The van der Waals surface area contributed by atoms with Crippen molar-refractivity contribution in [2.24, 2.45) is 0 Å². The normalized spacial score (nSPS) is 19.3. The van der Waals surface area contributed by atoms with E-state index in [0.29, 0.717) is 29.6 Å². The number of piperidine rings is 1. The summed E-state index contributed by atoms with van der Waals surface area (Å²) in [6, 6.07) is 16.1. The molecule has 0 radical (unpaired) electrons. The number of hydrogen-bond acceptors (Lipinski definition) is 3. The molecule has 2 aromatic carbocycles. The number of rotatable bonds is 5. The molecule has 1 atom stereocenters. The van der Waals surface area contributed by atoms with Crippen LogP contribution in [0.5, 0.6) is 0 Å². The van der Waals surface area contributed by atoms with Gasteiger partial charge in [0.1, 0.15) is 0 Å². The molecule has 4 nitrogen and oxygen atoms in total. The zero-order valence-corrected chi connectivity index (χ0v) is 14.8. The minimum absolute atomic E-state index is 0.117. The van der Waals surface area contributed by atoms with E-state index in [-0.39, 0.29) is 6.10 Å². The summed E-state index contributed by atoms with van der Waals surface area (Å²) < 4.78 is 32.9. The molecule has 1 saturated heterocycles.